The van der Waals surface area contributed by atoms with Crippen LogP contribution in [0, 0.1) is 17.6 Å². The molecule has 0 bridgehead atoms. The van der Waals surface area contributed by atoms with Crippen molar-refractivity contribution in [2.24, 2.45) is 5.92 Å². The van der Waals surface area contributed by atoms with Crippen LogP contribution in [0.4, 0.5) is 8.78 Å². The van der Waals surface area contributed by atoms with Crippen LogP contribution in [0.1, 0.15) is 59.4 Å². The Morgan fingerprint density at radius 1 is 1.20 bits per heavy atom. The predicted molar refractivity (Wildman–Crippen MR) is 115 cm³/mol. The maximum atomic E-state index is 13.4. The van der Waals surface area contributed by atoms with E-state index in [1.165, 1.54) is 19.1 Å². The minimum absolute atomic E-state index is 0.0241. The average molecular weight is 429 g/mol. The van der Waals surface area contributed by atoms with Gasteiger partial charge in [-0.3, -0.25) is 4.79 Å². The smallest absolute Gasteiger partial charge is 0.217 e. The Bertz CT molecular complexity index is 631. The Labute approximate surface area is 179 Å². The molecule has 0 heterocycles. The molecule has 2 rings (SSSR count). The van der Waals surface area contributed by atoms with Gasteiger partial charge < -0.3 is 20.5 Å². The van der Waals surface area contributed by atoms with Crippen molar-refractivity contribution >= 4 is 5.91 Å². The van der Waals surface area contributed by atoms with Crippen LogP contribution in [0.5, 0.6) is 0 Å². The van der Waals surface area contributed by atoms with Crippen LogP contribution in [0.3, 0.4) is 0 Å². The first-order valence-electron chi connectivity index (χ1n) is 10.9. The molecule has 30 heavy (non-hydrogen) atoms. The second-order valence-electron chi connectivity index (χ2n) is 8.24. The number of carbonyl (C=O) groups is 1. The van der Waals surface area contributed by atoms with Gasteiger partial charge in [-0.1, -0.05) is 27.7 Å². The van der Waals surface area contributed by atoms with Crippen LogP contribution in [-0.2, 0) is 16.0 Å². The number of ether oxygens (including phenoxy) is 1. The van der Waals surface area contributed by atoms with Crippen LogP contribution in [-0.4, -0.2) is 48.5 Å². The lowest BCUT2D eigenvalue weighted by Gasteiger charge is -2.27. The van der Waals surface area contributed by atoms with E-state index in [2.05, 4.69) is 24.5 Å². The fourth-order valence-corrected chi connectivity index (χ4v) is 3.24. The Kier molecular flexibility index (Phi) is 11.4. The molecule has 1 aromatic carbocycles. The van der Waals surface area contributed by atoms with Crippen molar-refractivity contribution in [3.8, 4) is 0 Å². The summed E-state index contributed by atoms with van der Waals surface area (Å²) in [5.41, 5.74) is 0.363. The summed E-state index contributed by atoms with van der Waals surface area (Å²) in [6.07, 6.45) is 2.16. The third kappa shape index (κ3) is 9.96. The molecule has 1 aromatic rings. The monoisotopic (exact) mass is 428 g/mol. The number of hydrogen-bond acceptors (Lipinski definition) is 4. The number of β-amino-alcohol motifs (C(OH)–C–C–N with tert-alkyl or cyclic N) is 1. The van der Waals surface area contributed by atoms with Crippen molar-refractivity contribution in [1.82, 2.24) is 10.6 Å². The number of carbonyl (C=O) groups excluding carboxylic acids is 1. The van der Waals surface area contributed by atoms with E-state index >= 15 is 0 Å². The average Bonchev–Trinajstić information content (AvgIpc) is 3.43. The van der Waals surface area contributed by atoms with E-state index in [9.17, 15) is 18.7 Å². The molecule has 1 amide bonds. The largest absolute Gasteiger partial charge is 0.390 e. The van der Waals surface area contributed by atoms with Crippen molar-refractivity contribution < 1.29 is 23.4 Å². The maximum absolute atomic E-state index is 13.4. The highest BCUT2D eigenvalue weighted by molar-refractivity contribution is 5.73. The van der Waals surface area contributed by atoms with Gasteiger partial charge in [-0.2, -0.15) is 0 Å². The fourth-order valence-electron chi connectivity index (χ4n) is 3.24. The molecule has 2 unspecified atom stereocenters. The van der Waals surface area contributed by atoms with Gasteiger partial charge in [0, 0.05) is 38.3 Å². The number of aliphatic hydroxyl groups is 1. The third-order valence-electron chi connectivity index (χ3n) is 4.95. The molecule has 1 aliphatic carbocycles. The summed E-state index contributed by atoms with van der Waals surface area (Å²) in [6, 6.07) is 2.59. The van der Waals surface area contributed by atoms with Gasteiger partial charge in [-0.15, -0.1) is 0 Å². The SMILES string of the molecule is CC.CC(=O)NC(Cc1cc(F)cc(F)c1)C(O)CNC1(CCOCC(C)C)CC1. The van der Waals surface area contributed by atoms with Crippen LogP contribution >= 0.6 is 0 Å². The first kappa shape index (κ1) is 26.5. The van der Waals surface area contributed by atoms with Crippen LogP contribution in [0.15, 0.2) is 18.2 Å². The highest BCUT2D eigenvalue weighted by atomic mass is 19.1. The molecule has 0 saturated heterocycles. The predicted octanol–water partition coefficient (Wildman–Crippen LogP) is 3.58. The van der Waals surface area contributed by atoms with Crippen molar-refractivity contribution in [2.75, 3.05) is 19.8 Å². The van der Waals surface area contributed by atoms with E-state index in [1.54, 1.807) is 0 Å². The molecule has 2 atom stereocenters. The molecule has 0 spiro atoms. The van der Waals surface area contributed by atoms with E-state index in [4.69, 9.17) is 4.74 Å². The second-order valence-corrected chi connectivity index (χ2v) is 8.24. The van der Waals surface area contributed by atoms with E-state index in [0.717, 1.165) is 31.9 Å². The second kappa shape index (κ2) is 13.0. The van der Waals surface area contributed by atoms with Gasteiger partial charge in [-0.05, 0) is 49.3 Å². The van der Waals surface area contributed by atoms with E-state index in [0.29, 0.717) is 18.1 Å². The van der Waals surface area contributed by atoms with Crippen LogP contribution in [0.25, 0.3) is 0 Å². The number of nitrogens with one attached hydrogen (secondary N) is 2. The van der Waals surface area contributed by atoms with Gasteiger partial charge in [0.1, 0.15) is 11.6 Å². The van der Waals surface area contributed by atoms with Gasteiger partial charge in [0.25, 0.3) is 0 Å². The first-order valence-corrected chi connectivity index (χ1v) is 10.9. The fraction of sp³-hybridized carbons (Fsp3) is 0.696. The number of benzene rings is 1. The van der Waals surface area contributed by atoms with Gasteiger partial charge in [-0.25, -0.2) is 8.78 Å². The molecule has 1 saturated carbocycles. The van der Waals surface area contributed by atoms with Crippen molar-refractivity contribution in [2.45, 2.75) is 78.0 Å². The minimum Gasteiger partial charge on any atom is -0.390 e. The number of halogens is 2. The summed E-state index contributed by atoms with van der Waals surface area (Å²) in [5, 5.41) is 16.7. The lowest BCUT2D eigenvalue weighted by molar-refractivity contribution is -0.120. The van der Waals surface area contributed by atoms with Gasteiger partial charge in [0.15, 0.2) is 0 Å². The molecule has 1 fully saturated rings. The normalized spacial score (nSPS) is 16.4. The Morgan fingerprint density at radius 2 is 1.80 bits per heavy atom. The minimum atomic E-state index is -0.885. The molecule has 7 heteroatoms. The highest BCUT2D eigenvalue weighted by Crippen LogP contribution is 2.38. The molecule has 5 nitrogen and oxygen atoms in total. The first-order chi connectivity index (χ1) is 14.2. The number of rotatable bonds is 12. The van der Waals surface area contributed by atoms with Gasteiger partial charge in [0.05, 0.1) is 12.1 Å². The van der Waals surface area contributed by atoms with E-state index in [1.807, 2.05) is 13.8 Å². The van der Waals surface area contributed by atoms with E-state index in [-0.39, 0.29) is 24.4 Å². The van der Waals surface area contributed by atoms with Crippen molar-refractivity contribution in [1.29, 1.82) is 0 Å². The molecule has 3 N–H and O–H groups in total. The molecule has 0 aliphatic heterocycles. The summed E-state index contributed by atoms with van der Waals surface area (Å²) < 4.78 is 32.5. The molecular weight excluding hydrogens is 390 g/mol. The summed E-state index contributed by atoms with van der Waals surface area (Å²) in [7, 11) is 0. The number of amides is 1. The van der Waals surface area contributed by atoms with E-state index < -0.39 is 23.8 Å². The Hall–Kier alpha value is -1.57. The Balaban J connectivity index is 0.00000218. The quantitative estimate of drug-likeness (QED) is 0.445. The summed E-state index contributed by atoms with van der Waals surface area (Å²) >= 11 is 0. The standard InChI is InChI=1S/C21H32F2N2O3.C2H6/c1-14(2)13-28-7-6-21(4-5-21)24-12-20(27)19(25-15(3)26)10-16-8-17(22)11-18(23)9-16;1-2/h8-9,11,14,19-20,24,27H,4-7,10,12-13H2,1-3H3,(H,25,26);1-2H3. The third-order valence-corrected chi connectivity index (χ3v) is 4.95. The molecule has 1 aliphatic rings. The van der Waals surface area contributed by atoms with Crippen molar-refractivity contribution in [3.63, 3.8) is 0 Å². The number of aliphatic hydroxyl groups excluding tert-OH is 1. The van der Waals surface area contributed by atoms with Crippen LogP contribution in [0.2, 0.25) is 0 Å². The number of hydrogen-bond donors (Lipinski definition) is 3. The summed E-state index contributed by atoms with van der Waals surface area (Å²) in [5.74, 6) is -1.16. The summed E-state index contributed by atoms with van der Waals surface area (Å²) in [6.45, 7) is 11.2. The molecule has 172 valence electrons. The molecule has 0 radical (unpaired) electrons. The summed E-state index contributed by atoms with van der Waals surface area (Å²) in [4.78, 5) is 11.5. The molecule has 0 aromatic heterocycles. The van der Waals surface area contributed by atoms with Gasteiger partial charge >= 0.3 is 0 Å². The topological polar surface area (TPSA) is 70.6 Å². The zero-order valence-corrected chi connectivity index (χ0v) is 18.9. The highest BCUT2D eigenvalue weighted by Gasteiger charge is 2.42. The van der Waals surface area contributed by atoms with Gasteiger partial charge in [0.2, 0.25) is 5.91 Å². The molecular formula is C23H38F2N2O3. The lowest BCUT2D eigenvalue weighted by atomic mass is 10.00. The van der Waals surface area contributed by atoms with Crippen LogP contribution < -0.4 is 10.6 Å². The zero-order chi connectivity index (χ0) is 22.7. The maximum Gasteiger partial charge on any atom is 0.217 e. The lowest BCUT2D eigenvalue weighted by Crippen LogP contribution is -2.50. The zero-order valence-electron chi connectivity index (χ0n) is 18.9. The van der Waals surface area contributed by atoms with Crippen molar-refractivity contribution in [3.05, 3.63) is 35.4 Å². The Morgan fingerprint density at radius 3 is 2.30 bits per heavy atom.